The van der Waals surface area contributed by atoms with E-state index in [9.17, 15) is 18.0 Å². The molecule has 0 aromatic heterocycles. The van der Waals surface area contributed by atoms with Crippen molar-refractivity contribution in [2.75, 3.05) is 24.2 Å². The summed E-state index contributed by atoms with van der Waals surface area (Å²) >= 11 is 0. The summed E-state index contributed by atoms with van der Waals surface area (Å²) in [6, 6.07) is 14.5. The molecule has 240 valence electrons. The largest absolute Gasteiger partial charge is 0.497 e. The van der Waals surface area contributed by atoms with Crippen molar-refractivity contribution in [3.8, 4) is 5.75 Å². The molecule has 8 nitrogen and oxygen atoms in total. The van der Waals surface area contributed by atoms with Crippen LogP contribution in [-0.4, -0.2) is 57.1 Å². The van der Waals surface area contributed by atoms with E-state index in [-0.39, 0.29) is 23.9 Å². The molecule has 9 heteroatoms. The van der Waals surface area contributed by atoms with Crippen molar-refractivity contribution in [2.45, 2.75) is 96.2 Å². The number of nitrogens with one attached hydrogen (secondary N) is 1. The molecule has 4 aliphatic rings. The zero-order valence-electron chi connectivity index (χ0n) is 26.9. The van der Waals surface area contributed by atoms with Crippen LogP contribution in [-0.2, 0) is 31.6 Å². The van der Waals surface area contributed by atoms with Gasteiger partial charge in [-0.25, -0.2) is 8.42 Å². The Labute approximate surface area is 263 Å². The van der Waals surface area contributed by atoms with Crippen molar-refractivity contribution in [3.05, 3.63) is 59.7 Å². The van der Waals surface area contributed by atoms with Gasteiger partial charge in [-0.1, -0.05) is 38.1 Å². The molecule has 2 atom stereocenters. The molecule has 4 aliphatic carbocycles. The Hall–Kier alpha value is -3.07. The third-order valence-corrected chi connectivity index (χ3v) is 11.5. The molecule has 2 unspecified atom stereocenters. The van der Waals surface area contributed by atoms with E-state index in [2.05, 4.69) is 17.4 Å². The quantitative estimate of drug-likeness (QED) is 0.311. The van der Waals surface area contributed by atoms with E-state index in [0.717, 1.165) is 36.0 Å². The van der Waals surface area contributed by atoms with Crippen LogP contribution in [0, 0.1) is 17.8 Å². The average Bonchev–Trinajstić information content (AvgIpc) is 2.98. The third-order valence-electron chi connectivity index (χ3n) is 10.4. The maximum atomic E-state index is 14.1. The average molecular weight is 624 g/mol. The number of rotatable bonds is 13. The summed E-state index contributed by atoms with van der Waals surface area (Å²) in [5, 5.41) is 3.01. The molecule has 2 aromatic carbocycles. The summed E-state index contributed by atoms with van der Waals surface area (Å²) in [5.74, 6) is 2.39. The summed E-state index contributed by atoms with van der Waals surface area (Å²) in [4.78, 5) is 29.0. The number of amides is 2. The first kappa shape index (κ1) is 32.3. The van der Waals surface area contributed by atoms with Crippen LogP contribution in [0.3, 0.4) is 0 Å². The summed E-state index contributed by atoms with van der Waals surface area (Å²) < 4.78 is 32.9. The highest BCUT2D eigenvalue weighted by atomic mass is 32.2. The van der Waals surface area contributed by atoms with Gasteiger partial charge in [0.15, 0.2) is 0 Å². The number of anilines is 1. The number of methoxy groups -OCH3 is 1. The predicted molar refractivity (Wildman–Crippen MR) is 174 cm³/mol. The zero-order valence-corrected chi connectivity index (χ0v) is 27.7. The first-order chi connectivity index (χ1) is 20.9. The van der Waals surface area contributed by atoms with Crippen molar-refractivity contribution in [3.63, 3.8) is 0 Å². The van der Waals surface area contributed by atoms with Crippen LogP contribution in [0.1, 0.15) is 83.3 Å². The van der Waals surface area contributed by atoms with E-state index in [4.69, 9.17) is 4.74 Å². The molecule has 0 saturated heterocycles. The Morgan fingerprint density at radius 3 is 2.11 bits per heavy atom. The number of carbonyl (C=O) groups excluding carboxylic acids is 2. The highest BCUT2D eigenvalue weighted by molar-refractivity contribution is 7.92. The van der Waals surface area contributed by atoms with Crippen LogP contribution >= 0.6 is 0 Å². The molecule has 2 amide bonds. The van der Waals surface area contributed by atoms with Gasteiger partial charge in [0.2, 0.25) is 21.8 Å². The van der Waals surface area contributed by atoms with Crippen LogP contribution < -0.4 is 14.4 Å². The highest BCUT2D eigenvalue weighted by Gasteiger charge is 2.51. The molecule has 0 spiro atoms. The van der Waals surface area contributed by atoms with E-state index in [0.29, 0.717) is 17.9 Å². The number of benzene rings is 2. The maximum absolute atomic E-state index is 14.1. The second kappa shape index (κ2) is 13.1. The van der Waals surface area contributed by atoms with Crippen LogP contribution in [0.5, 0.6) is 5.75 Å². The summed E-state index contributed by atoms with van der Waals surface area (Å²) in [6.07, 6.45) is 10.0. The lowest BCUT2D eigenvalue weighted by Crippen LogP contribution is -2.53. The zero-order chi connectivity index (χ0) is 31.6. The minimum Gasteiger partial charge on any atom is -0.497 e. The summed E-state index contributed by atoms with van der Waals surface area (Å²) in [5.41, 5.74) is 2.75. The molecule has 0 heterocycles. The number of hydrogen-bond acceptors (Lipinski definition) is 5. The molecule has 4 saturated carbocycles. The van der Waals surface area contributed by atoms with Crippen molar-refractivity contribution in [1.82, 2.24) is 10.2 Å². The first-order valence-corrected chi connectivity index (χ1v) is 18.1. The molecule has 4 fully saturated rings. The number of ether oxygens (including phenoxy) is 1. The van der Waals surface area contributed by atoms with Gasteiger partial charge in [-0.2, -0.15) is 0 Å². The van der Waals surface area contributed by atoms with Gasteiger partial charge in [-0.05, 0) is 117 Å². The SMILES string of the molecule is CCC(C)NC(=O)C(CC)N(Cc1cccc(OC)c1)C(=O)CN(c1ccc(C23CC4CC(CC(C4)C2)C3)cc1)S(C)(=O)=O. The standard InChI is InChI=1S/C35H49N3O5S/c1-6-24(3)36-34(40)32(7-2)37(22-25-9-8-10-31(18-25)43-4)33(39)23-38(44(5,41)42)30-13-11-29(12-14-30)35-19-26-15-27(20-35)17-28(16-26)21-35/h8-14,18,24,26-28,32H,6-7,15-17,19-23H2,1-5H3,(H,36,40). The lowest BCUT2D eigenvalue weighted by molar-refractivity contribution is -0.140. The van der Waals surface area contributed by atoms with Gasteiger partial charge in [0.05, 0.1) is 19.1 Å². The molecule has 2 aromatic rings. The topological polar surface area (TPSA) is 96.0 Å². The molecular weight excluding hydrogens is 574 g/mol. The Balaban J connectivity index is 1.41. The molecule has 4 bridgehead atoms. The van der Waals surface area contributed by atoms with Crippen molar-refractivity contribution < 1.29 is 22.7 Å². The molecular formula is C35H49N3O5S. The Morgan fingerprint density at radius 2 is 1.59 bits per heavy atom. The Morgan fingerprint density at radius 1 is 0.977 bits per heavy atom. The Bertz CT molecular complexity index is 1410. The first-order valence-electron chi connectivity index (χ1n) is 16.3. The predicted octanol–water partition coefficient (Wildman–Crippen LogP) is 5.65. The normalized spacial score (nSPS) is 25.2. The summed E-state index contributed by atoms with van der Waals surface area (Å²) in [6.45, 7) is 5.53. The van der Waals surface area contributed by atoms with Crippen molar-refractivity contribution >= 4 is 27.5 Å². The number of nitrogens with zero attached hydrogens (tertiary/aromatic N) is 2. The van der Waals surface area contributed by atoms with Gasteiger partial charge in [-0.3, -0.25) is 13.9 Å². The highest BCUT2D eigenvalue weighted by Crippen LogP contribution is 2.60. The van der Waals surface area contributed by atoms with Gasteiger partial charge in [0, 0.05) is 12.6 Å². The number of hydrogen-bond donors (Lipinski definition) is 1. The van der Waals surface area contributed by atoms with Gasteiger partial charge < -0.3 is 15.0 Å². The monoisotopic (exact) mass is 623 g/mol. The number of sulfonamides is 1. The van der Waals surface area contributed by atoms with Crippen LogP contribution in [0.4, 0.5) is 5.69 Å². The minimum atomic E-state index is -3.80. The molecule has 0 radical (unpaired) electrons. The molecule has 0 aliphatic heterocycles. The van der Waals surface area contributed by atoms with Crippen molar-refractivity contribution in [1.29, 1.82) is 0 Å². The molecule has 6 rings (SSSR count). The van der Waals surface area contributed by atoms with Gasteiger partial charge in [0.1, 0.15) is 18.3 Å². The fourth-order valence-electron chi connectivity index (χ4n) is 8.39. The van der Waals surface area contributed by atoms with Gasteiger partial charge in [-0.15, -0.1) is 0 Å². The fourth-order valence-corrected chi connectivity index (χ4v) is 9.24. The van der Waals surface area contributed by atoms with Crippen molar-refractivity contribution in [2.24, 2.45) is 17.8 Å². The smallest absolute Gasteiger partial charge is 0.244 e. The lowest BCUT2D eigenvalue weighted by atomic mass is 9.48. The van der Waals surface area contributed by atoms with E-state index in [1.54, 1.807) is 7.11 Å². The molecule has 44 heavy (non-hydrogen) atoms. The van der Waals surface area contributed by atoms with E-state index >= 15 is 0 Å². The van der Waals surface area contributed by atoms with Gasteiger partial charge in [0.25, 0.3) is 0 Å². The summed E-state index contributed by atoms with van der Waals surface area (Å²) in [7, 11) is -2.22. The van der Waals surface area contributed by atoms with E-state index in [1.807, 2.05) is 57.2 Å². The fraction of sp³-hybridized carbons (Fsp3) is 0.600. The van der Waals surface area contributed by atoms with Crippen LogP contribution in [0.15, 0.2) is 48.5 Å². The van der Waals surface area contributed by atoms with Crippen LogP contribution in [0.2, 0.25) is 0 Å². The third kappa shape index (κ3) is 6.93. The maximum Gasteiger partial charge on any atom is 0.244 e. The second-order valence-electron chi connectivity index (χ2n) is 13.6. The van der Waals surface area contributed by atoms with Gasteiger partial charge >= 0.3 is 0 Å². The second-order valence-corrected chi connectivity index (χ2v) is 15.5. The van der Waals surface area contributed by atoms with Crippen LogP contribution in [0.25, 0.3) is 0 Å². The van der Waals surface area contributed by atoms with E-state index < -0.39 is 28.5 Å². The number of carbonyl (C=O) groups is 2. The Kier molecular flexibility index (Phi) is 9.64. The van der Waals surface area contributed by atoms with E-state index in [1.165, 1.54) is 53.3 Å². The molecule has 1 N–H and O–H groups in total. The lowest BCUT2D eigenvalue weighted by Gasteiger charge is -2.57. The minimum absolute atomic E-state index is 0.0506.